The van der Waals surface area contributed by atoms with Crippen LogP contribution in [0, 0.1) is 11.3 Å². The minimum Gasteiger partial charge on any atom is -0.294 e. The van der Waals surface area contributed by atoms with Gasteiger partial charge in [-0.2, -0.15) is 5.26 Å². The molecule has 0 fully saturated rings. The lowest BCUT2D eigenvalue weighted by Gasteiger charge is -2.28. The molecule has 2 aromatic carbocycles. The summed E-state index contributed by atoms with van der Waals surface area (Å²) in [6.45, 7) is 0. The molecule has 0 saturated carbocycles. The van der Waals surface area contributed by atoms with Gasteiger partial charge < -0.3 is 0 Å². The van der Waals surface area contributed by atoms with Gasteiger partial charge in [-0.05, 0) is 35.4 Å². The second-order valence-electron chi connectivity index (χ2n) is 4.70. The summed E-state index contributed by atoms with van der Waals surface area (Å²) in [5.74, 6) is -0.241. The summed E-state index contributed by atoms with van der Waals surface area (Å²) in [5, 5.41) is 9.95. The molecule has 0 N–H and O–H groups in total. The van der Waals surface area contributed by atoms with E-state index >= 15 is 0 Å². The van der Waals surface area contributed by atoms with E-state index < -0.39 is 6.04 Å². The maximum atomic E-state index is 12.6. The van der Waals surface area contributed by atoms with Crippen molar-refractivity contribution in [3.63, 3.8) is 0 Å². The summed E-state index contributed by atoms with van der Waals surface area (Å²) in [7, 11) is 0. The molecule has 0 spiro atoms. The van der Waals surface area contributed by atoms with Crippen molar-refractivity contribution in [3.05, 3.63) is 76.4 Å². The van der Waals surface area contributed by atoms with Crippen LogP contribution in [0.3, 0.4) is 0 Å². The first-order chi connectivity index (χ1) is 10.2. The number of hydrogen-bond acceptors (Lipinski definition) is 2. The topological polar surface area (TPSA) is 44.1 Å². The first-order valence-corrected chi connectivity index (χ1v) is 6.83. The molecule has 102 valence electrons. The van der Waals surface area contributed by atoms with Crippen molar-refractivity contribution in [1.82, 2.24) is 4.90 Å². The van der Waals surface area contributed by atoms with Gasteiger partial charge in [0.2, 0.25) is 0 Å². The molecule has 1 aliphatic rings. The average Bonchev–Trinajstić information content (AvgIpc) is 2.53. The second kappa shape index (κ2) is 5.43. The van der Waals surface area contributed by atoms with Crippen LogP contribution in [0.4, 0.5) is 0 Å². The number of carbonyl (C=O) groups excluding carboxylic acids is 1. The molecule has 21 heavy (non-hydrogen) atoms. The molecule has 1 heterocycles. The Balaban J connectivity index is 2.01. The third-order valence-corrected chi connectivity index (χ3v) is 3.65. The van der Waals surface area contributed by atoms with Gasteiger partial charge in [-0.25, -0.2) is 0 Å². The highest BCUT2D eigenvalue weighted by Gasteiger charge is 2.28. The molecule has 1 aliphatic heterocycles. The summed E-state index contributed by atoms with van der Waals surface area (Å²) >= 11 is 5.93. The molecule has 1 atom stereocenters. The lowest BCUT2D eigenvalue weighted by Crippen LogP contribution is -2.31. The first-order valence-electron chi connectivity index (χ1n) is 6.45. The lowest BCUT2D eigenvalue weighted by molar-refractivity contribution is 0.0794. The summed E-state index contributed by atoms with van der Waals surface area (Å²) < 4.78 is 0. The Bertz CT molecular complexity index is 776. The number of fused-ring (bicyclic) bond motifs is 1. The van der Waals surface area contributed by atoms with Crippen LogP contribution >= 0.6 is 11.6 Å². The maximum Gasteiger partial charge on any atom is 0.259 e. The molecule has 3 rings (SSSR count). The number of nitrogens with zero attached hydrogens (tertiary/aromatic N) is 2. The van der Waals surface area contributed by atoms with Gasteiger partial charge in [-0.15, -0.1) is 0 Å². The first kappa shape index (κ1) is 13.4. The zero-order valence-electron chi connectivity index (χ0n) is 11.0. The van der Waals surface area contributed by atoms with Gasteiger partial charge in [0.05, 0.1) is 6.07 Å². The molecule has 0 unspecified atom stereocenters. The minimum atomic E-state index is -0.627. The van der Waals surface area contributed by atoms with Crippen LogP contribution in [0.25, 0.3) is 6.08 Å². The number of rotatable bonds is 1. The van der Waals surface area contributed by atoms with Gasteiger partial charge in [0.25, 0.3) is 5.91 Å². The third-order valence-electron chi connectivity index (χ3n) is 3.41. The highest BCUT2D eigenvalue weighted by Crippen LogP contribution is 2.31. The smallest absolute Gasteiger partial charge is 0.259 e. The molecule has 0 bridgehead atoms. The van der Waals surface area contributed by atoms with E-state index in [0.29, 0.717) is 10.6 Å². The summed E-state index contributed by atoms with van der Waals surface area (Å²) in [6, 6.07) is 15.9. The molecule has 0 aromatic heterocycles. The molecule has 2 aromatic rings. The third kappa shape index (κ3) is 2.42. The minimum absolute atomic E-state index is 0.241. The quantitative estimate of drug-likeness (QED) is 0.797. The van der Waals surface area contributed by atoms with Crippen LogP contribution in [-0.4, -0.2) is 10.8 Å². The van der Waals surface area contributed by atoms with E-state index in [1.165, 1.54) is 4.90 Å². The Labute approximate surface area is 127 Å². The molecule has 0 saturated heterocycles. The van der Waals surface area contributed by atoms with E-state index in [9.17, 15) is 10.1 Å². The summed E-state index contributed by atoms with van der Waals surface area (Å²) in [4.78, 5) is 14.0. The van der Waals surface area contributed by atoms with Gasteiger partial charge in [-0.1, -0.05) is 41.9 Å². The van der Waals surface area contributed by atoms with Crippen molar-refractivity contribution in [2.75, 3.05) is 0 Å². The van der Waals surface area contributed by atoms with Crippen molar-refractivity contribution >= 4 is 23.6 Å². The Morgan fingerprint density at radius 2 is 2.00 bits per heavy atom. The zero-order valence-corrected chi connectivity index (χ0v) is 11.8. The normalized spacial score (nSPS) is 16.2. The molecular weight excluding hydrogens is 284 g/mol. The van der Waals surface area contributed by atoms with Gasteiger partial charge >= 0.3 is 0 Å². The van der Waals surface area contributed by atoms with E-state index in [4.69, 9.17) is 11.6 Å². The van der Waals surface area contributed by atoms with Crippen LogP contribution in [0.2, 0.25) is 5.02 Å². The van der Waals surface area contributed by atoms with Crippen LogP contribution in [-0.2, 0) is 0 Å². The number of carbonyl (C=O) groups is 1. The fraction of sp³-hybridized carbons (Fsp3) is 0.0588. The molecule has 0 radical (unpaired) electrons. The monoisotopic (exact) mass is 294 g/mol. The molecule has 1 amide bonds. The highest BCUT2D eigenvalue weighted by atomic mass is 35.5. The Morgan fingerprint density at radius 1 is 1.19 bits per heavy atom. The van der Waals surface area contributed by atoms with E-state index in [-0.39, 0.29) is 5.91 Å². The van der Waals surface area contributed by atoms with Crippen LogP contribution in [0.1, 0.15) is 27.5 Å². The Hall–Kier alpha value is -2.57. The summed E-state index contributed by atoms with van der Waals surface area (Å²) in [5.41, 5.74) is 2.25. The molecular formula is C17H11ClN2O. The van der Waals surface area contributed by atoms with Gasteiger partial charge in [0, 0.05) is 16.8 Å². The number of benzene rings is 2. The standard InChI is InChI=1S/C17H11ClN2O/c18-14-6-3-5-13(10-14)17(21)20-9-8-12-4-1-2-7-15(12)16(20)11-19/h1-10,16H/t16-/m1/s1. The van der Waals surface area contributed by atoms with E-state index in [2.05, 4.69) is 6.07 Å². The predicted molar refractivity (Wildman–Crippen MR) is 81.5 cm³/mol. The van der Waals surface area contributed by atoms with E-state index in [0.717, 1.165) is 11.1 Å². The SMILES string of the molecule is N#C[C@@H]1c2ccccc2C=CN1C(=O)c1cccc(Cl)c1. The van der Waals surface area contributed by atoms with Crippen molar-refractivity contribution in [3.8, 4) is 6.07 Å². The van der Waals surface area contributed by atoms with Crippen molar-refractivity contribution in [2.45, 2.75) is 6.04 Å². The van der Waals surface area contributed by atoms with Crippen molar-refractivity contribution < 1.29 is 4.79 Å². The second-order valence-corrected chi connectivity index (χ2v) is 5.14. The van der Waals surface area contributed by atoms with Crippen molar-refractivity contribution in [2.24, 2.45) is 0 Å². The zero-order chi connectivity index (χ0) is 14.8. The predicted octanol–water partition coefficient (Wildman–Crippen LogP) is 4.03. The van der Waals surface area contributed by atoms with Gasteiger partial charge in [0.1, 0.15) is 6.04 Å². The Kier molecular flexibility index (Phi) is 3.47. The van der Waals surface area contributed by atoms with E-state index in [1.54, 1.807) is 30.5 Å². The lowest BCUT2D eigenvalue weighted by atomic mass is 9.96. The fourth-order valence-electron chi connectivity index (χ4n) is 2.40. The largest absolute Gasteiger partial charge is 0.294 e. The number of amides is 1. The number of halogens is 1. The van der Waals surface area contributed by atoms with Gasteiger partial charge in [0.15, 0.2) is 0 Å². The number of hydrogen-bond donors (Lipinski definition) is 0. The molecule has 0 aliphatic carbocycles. The molecule has 4 heteroatoms. The van der Waals surface area contributed by atoms with E-state index in [1.807, 2.05) is 30.3 Å². The fourth-order valence-corrected chi connectivity index (χ4v) is 2.59. The summed E-state index contributed by atoms with van der Waals surface area (Å²) in [6.07, 6.45) is 3.49. The molecule has 3 nitrogen and oxygen atoms in total. The van der Waals surface area contributed by atoms with Gasteiger partial charge in [-0.3, -0.25) is 9.69 Å². The highest BCUT2D eigenvalue weighted by molar-refractivity contribution is 6.31. The van der Waals surface area contributed by atoms with Crippen LogP contribution < -0.4 is 0 Å². The Morgan fingerprint density at radius 3 is 2.76 bits per heavy atom. The number of nitriles is 1. The average molecular weight is 295 g/mol. The van der Waals surface area contributed by atoms with Crippen LogP contribution in [0.5, 0.6) is 0 Å². The van der Waals surface area contributed by atoms with Crippen molar-refractivity contribution in [1.29, 1.82) is 5.26 Å². The van der Waals surface area contributed by atoms with Crippen LogP contribution in [0.15, 0.2) is 54.7 Å². The maximum absolute atomic E-state index is 12.6.